The van der Waals surface area contributed by atoms with Crippen LogP contribution in [0.5, 0.6) is 17.2 Å². The van der Waals surface area contributed by atoms with Crippen LogP contribution in [-0.2, 0) is 9.53 Å². The van der Waals surface area contributed by atoms with Gasteiger partial charge in [-0.15, -0.1) is 0 Å². The molecule has 0 radical (unpaired) electrons. The highest BCUT2D eigenvalue weighted by atomic mass is 32.1. The first-order valence-electron chi connectivity index (χ1n) is 13.2. The van der Waals surface area contributed by atoms with Crippen molar-refractivity contribution in [1.82, 2.24) is 4.57 Å². The average Bonchev–Trinajstić information content (AvgIpc) is 3.30. The molecule has 13 nitrogen and oxygen atoms in total. The van der Waals surface area contributed by atoms with Crippen LogP contribution in [0.1, 0.15) is 31.0 Å². The number of para-hydroxylation sites is 1. The first-order valence-corrected chi connectivity index (χ1v) is 14.0. The number of thiazole rings is 1. The van der Waals surface area contributed by atoms with Crippen LogP contribution in [0.2, 0.25) is 0 Å². The third-order valence-electron chi connectivity index (χ3n) is 6.68. The van der Waals surface area contributed by atoms with Crippen LogP contribution in [0.25, 0.3) is 6.08 Å². The van der Waals surface area contributed by atoms with E-state index in [1.54, 1.807) is 68.5 Å². The van der Waals surface area contributed by atoms with E-state index in [2.05, 4.69) is 4.99 Å². The first-order chi connectivity index (χ1) is 21.1. The molecule has 1 atom stereocenters. The number of ether oxygens (including phenoxy) is 3. The lowest BCUT2D eigenvalue weighted by molar-refractivity contribution is -0.394. The van der Waals surface area contributed by atoms with E-state index in [0.717, 1.165) is 29.5 Å². The van der Waals surface area contributed by atoms with Crippen molar-refractivity contribution in [1.29, 1.82) is 0 Å². The van der Waals surface area contributed by atoms with Gasteiger partial charge in [-0.3, -0.25) is 29.6 Å². The largest absolute Gasteiger partial charge is 0.496 e. The number of hydrogen-bond donors (Lipinski definition) is 0. The fourth-order valence-electron chi connectivity index (χ4n) is 4.77. The topological polar surface area (TPSA) is 165 Å². The number of non-ortho nitro benzene ring substituents is 1. The minimum Gasteiger partial charge on any atom is -0.496 e. The second kappa shape index (κ2) is 12.3. The SMILES string of the molecule is CCOC(=O)C1=C(C)N=c2s/c(=C\c3cccc(Oc4ccc([N+](=O)[O-])cc4[N+](=O)[O-])c3)c(=O)n2[C@H]1c1ccccc1OC. The molecule has 2 heterocycles. The van der Waals surface area contributed by atoms with Crippen molar-refractivity contribution in [2.75, 3.05) is 13.7 Å². The number of nitro groups is 2. The lowest BCUT2D eigenvalue weighted by Gasteiger charge is -2.25. The van der Waals surface area contributed by atoms with Crippen LogP contribution in [0.3, 0.4) is 0 Å². The molecule has 0 amide bonds. The van der Waals surface area contributed by atoms with Crippen molar-refractivity contribution in [3.63, 3.8) is 0 Å². The van der Waals surface area contributed by atoms with Crippen LogP contribution in [0.4, 0.5) is 11.4 Å². The monoisotopic (exact) mass is 616 g/mol. The number of rotatable bonds is 9. The number of esters is 1. The molecule has 0 N–H and O–H groups in total. The van der Waals surface area contributed by atoms with Crippen molar-refractivity contribution >= 4 is 34.8 Å². The summed E-state index contributed by atoms with van der Waals surface area (Å²) in [6.07, 6.45) is 1.61. The van der Waals surface area contributed by atoms with Crippen LogP contribution in [-0.4, -0.2) is 34.1 Å². The molecule has 44 heavy (non-hydrogen) atoms. The van der Waals surface area contributed by atoms with Crippen LogP contribution < -0.4 is 24.4 Å². The zero-order chi connectivity index (χ0) is 31.5. The Kier molecular flexibility index (Phi) is 8.35. The first kappa shape index (κ1) is 29.8. The average molecular weight is 617 g/mol. The molecule has 1 aliphatic heterocycles. The Bertz CT molecular complexity index is 2030. The Hall–Kier alpha value is -5.63. The molecule has 1 aliphatic rings. The predicted molar refractivity (Wildman–Crippen MR) is 160 cm³/mol. The Morgan fingerprint density at radius 1 is 1.05 bits per heavy atom. The summed E-state index contributed by atoms with van der Waals surface area (Å²) in [7, 11) is 1.50. The molecule has 0 bridgehead atoms. The fraction of sp³-hybridized carbons (Fsp3) is 0.167. The summed E-state index contributed by atoms with van der Waals surface area (Å²) in [5.74, 6) is -0.0930. The molecule has 0 saturated carbocycles. The van der Waals surface area contributed by atoms with Gasteiger partial charge in [0.15, 0.2) is 4.80 Å². The van der Waals surface area contributed by atoms with Gasteiger partial charge >= 0.3 is 11.7 Å². The highest BCUT2D eigenvalue weighted by molar-refractivity contribution is 7.07. The summed E-state index contributed by atoms with van der Waals surface area (Å²) in [6.45, 7) is 3.52. The van der Waals surface area contributed by atoms with E-state index in [0.29, 0.717) is 31.9 Å². The summed E-state index contributed by atoms with van der Waals surface area (Å²) in [4.78, 5) is 53.1. The maximum atomic E-state index is 13.9. The summed E-state index contributed by atoms with van der Waals surface area (Å²) in [6, 6.07) is 15.8. The zero-order valence-corrected chi connectivity index (χ0v) is 24.4. The second-order valence-corrected chi connectivity index (χ2v) is 10.4. The summed E-state index contributed by atoms with van der Waals surface area (Å²) < 4.78 is 18.4. The Morgan fingerprint density at radius 3 is 2.52 bits per heavy atom. The third-order valence-corrected chi connectivity index (χ3v) is 7.67. The molecular weight excluding hydrogens is 592 g/mol. The molecule has 0 unspecified atom stereocenters. The van der Waals surface area contributed by atoms with Gasteiger partial charge in [-0.25, -0.2) is 9.79 Å². The number of allylic oxidation sites excluding steroid dienone is 1. The molecule has 1 aromatic heterocycles. The van der Waals surface area contributed by atoms with E-state index < -0.39 is 38.8 Å². The van der Waals surface area contributed by atoms with Gasteiger partial charge in [-0.2, -0.15) is 0 Å². The molecule has 224 valence electrons. The molecule has 0 fully saturated rings. The number of nitro benzene ring substituents is 2. The molecule has 5 rings (SSSR count). The summed E-state index contributed by atoms with van der Waals surface area (Å²) >= 11 is 1.13. The summed E-state index contributed by atoms with van der Waals surface area (Å²) in [5.41, 5.74) is 0.328. The van der Waals surface area contributed by atoms with Crippen molar-refractivity contribution in [3.05, 3.63) is 129 Å². The Labute approximate surface area is 252 Å². The maximum Gasteiger partial charge on any atom is 0.338 e. The number of methoxy groups -OCH3 is 1. The molecule has 0 spiro atoms. The van der Waals surface area contributed by atoms with E-state index in [1.807, 2.05) is 0 Å². The Morgan fingerprint density at radius 2 is 1.82 bits per heavy atom. The molecule has 4 aromatic rings. The highest BCUT2D eigenvalue weighted by Gasteiger charge is 2.35. The maximum absolute atomic E-state index is 13.9. The normalized spacial score (nSPS) is 14.4. The number of carbonyl (C=O) groups is 1. The van der Waals surface area contributed by atoms with Crippen LogP contribution >= 0.6 is 11.3 Å². The van der Waals surface area contributed by atoms with Gasteiger partial charge < -0.3 is 14.2 Å². The number of hydrogen-bond acceptors (Lipinski definition) is 11. The highest BCUT2D eigenvalue weighted by Crippen LogP contribution is 2.36. The van der Waals surface area contributed by atoms with Gasteiger partial charge in [-0.05, 0) is 49.8 Å². The molecule has 0 saturated heterocycles. The lowest BCUT2D eigenvalue weighted by Crippen LogP contribution is -2.40. The van der Waals surface area contributed by atoms with E-state index in [-0.39, 0.29) is 23.7 Å². The number of carbonyl (C=O) groups excluding carboxylic acids is 1. The van der Waals surface area contributed by atoms with E-state index in [4.69, 9.17) is 14.2 Å². The number of benzene rings is 3. The zero-order valence-electron chi connectivity index (χ0n) is 23.6. The Balaban J connectivity index is 1.59. The minimum atomic E-state index is -0.860. The summed E-state index contributed by atoms with van der Waals surface area (Å²) in [5, 5.41) is 22.6. The van der Waals surface area contributed by atoms with Crippen molar-refractivity contribution in [3.8, 4) is 17.2 Å². The number of aromatic nitrogens is 1. The van der Waals surface area contributed by atoms with Crippen LogP contribution in [0, 0.1) is 20.2 Å². The van der Waals surface area contributed by atoms with Crippen molar-refractivity contribution in [2.45, 2.75) is 19.9 Å². The van der Waals surface area contributed by atoms with Gasteiger partial charge in [0.1, 0.15) is 17.5 Å². The van der Waals surface area contributed by atoms with Gasteiger partial charge in [0.25, 0.3) is 11.2 Å². The van der Waals surface area contributed by atoms with Gasteiger partial charge in [0.05, 0.1) is 45.4 Å². The standard InChI is InChI=1S/C30H24N4O9S/c1-4-42-29(36)26-17(2)31-30-32(27(26)21-10-5-6-11-23(21)41-3)28(35)25(44-30)15-18-8-7-9-20(14-18)43-24-13-12-19(33(37)38)16-22(24)34(39)40/h5-16,27H,4H2,1-3H3/b25-15-/t27-/m0/s1. The van der Waals surface area contributed by atoms with Crippen molar-refractivity contribution in [2.24, 2.45) is 4.99 Å². The third kappa shape index (κ3) is 5.70. The smallest absolute Gasteiger partial charge is 0.338 e. The molecule has 14 heteroatoms. The molecular formula is C30H24N4O9S. The second-order valence-electron chi connectivity index (χ2n) is 9.39. The quantitative estimate of drug-likeness (QED) is 0.150. The molecule has 0 aliphatic carbocycles. The van der Waals surface area contributed by atoms with Crippen molar-refractivity contribution < 1.29 is 28.9 Å². The van der Waals surface area contributed by atoms with Gasteiger partial charge in [0, 0.05) is 11.6 Å². The van der Waals surface area contributed by atoms with E-state index in [9.17, 15) is 29.8 Å². The lowest BCUT2D eigenvalue weighted by atomic mass is 9.95. The van der Waals surface area contributed by atoms with E-state index in [1.165, 1.54) is 11.7 Å². The minimum absolute atomic E-state index is 0.139. The molecule has 3 aromatic carbocycles. The van der Waals surface area contributed by atoms with Crippen LogP contribution in [0.15, 0.2) is 87.8 Å². The number of nitrogens with zero attached hydrogens (tertiary/aromatic N) is 4. The predicted octanol–water partition coefficient (Wildman–Crippen LogP) is 4.42. The number of fused-ring (bicyclic) bond motifs is 1. The van der Waals surface area contributed by atoms with E-state index >= 15 is 0 Å². The van der Waals surface area contributed by atoms with Gasteiger partial charge in [-0.1, -0.05) is 41.7 Å². The fourth-order valence-corrected chi connectivity index (χ4v) is 5.82. The van der Waals surface area contributed by atoms with Gasteiger partial charge in [0.2, 0.25) is 5.75 Å².